The zero-order chi connectivity index (χ0) is 13.0. The Labute approximate surface area is 114 Å². The Bertz CT molecular complexity index is 714. The largest absolute Gasteiger partial charge is 0.417 e. The molecular formula is C14H11ClN2O2. The average Bonchev–Trinajstić information content (AvgIpc) is 2.81. The number of alkyl halides is 1. The minimum atomic E-state index is -0.438. The van der Waals surface area contributed by atoms with Crippen LogP contribution >= 0.6 is 11.6 Å². The van der Waals surface area contributed by atoms with Gasteiger partial charge in [0.25, 0.3) is 0 Å². The summed E-state index contributed by atoms with van der Waals surface area (Å²) in [6.45, 7) is 0.822. The lowest BCUT2D eigenvalue weighted by atomic mass is 9.94. The molecule has 4 nitrogen and oxygen atoms in total. The van der Waals surface area contributed by atoms with Crippen LogP contribution in [0.4, 0.5) is 16.2 Å². The normalized spacial score (nSPS) is 19.6. The summed E-state index contributed by atoms with van der Waals surface area (Å²) in [6.07, 6.45) is -0.438. The lowest BCUT2D eigenvalue weighted by Gasteiger charge is -2.20. The summed E-state index contributed by atoms with van der Waals surface area (Å²) in [7, 11) is 0. The first kappa shape index (κ1) is 10.9. The first-order valence-electron chi connectivity index (χ1n) is 6.16. The maximum atomic E-state index is 11.5. The van der Waals surface area contributed by atoms with Gasteiger partial charge in [0.15, 0.2) is 0 Å². The van der Waals surface area contributed by atoms with Gasteiger partial charge in [0.2, 0.25) is 0 Å². The average molecular weight is 275 g/mol. The van der Waals surface area contributed by atoms with E-state index in [4.69, 9.17) is 16.3 Å². The molecule has 5 heteroatoms. The Morgan fingerprint density at radius 1 is 1.37 bits per heavy atom. The summed E-state index contributed by atoms with van der Waals surface area (Å²) in [6, 6.07) is 7.77. The minimum Gasteiger partial charge on any atom is -0.409 e. The first-order chi connectivity index (χ1) is 9.28. The highest BCUT2D eigenvalue weighted by Crippen LogP contribution is 2.46. The molecule has 2 aromatic rings. The van der Waals surface area contributed by atoms with Gasteiger partial charge in [-0.15, -0.1) is 11.6 Å². The van der Waals surface area contributed by atoms with Gasteiger partial charge in [0.05, 0.1) is 5.69 Å². The Balaban J connectivity index is 2.09. The number of rotatable bonds is 1. The monoisotopic (exact) mass is 274 g/mol. The van der Waals surface area contributed by atoms with Crippen molar-refractivity contribution < 1.29 is 9.53 Å². The van der Waals surface area contributed by atoms with Crippen LogP contribution in [0.2, 0.25) is 0 Å². The van der Waals surface area contributed by atoms with E-state index in [1.165, 1.54) is 5.56 Å². The van der Waals surface area contributed by atoms with Gasteiger partial charge in [-0.2, -0.15) is 0 Å². The van der Waals surface area contributed by atoms with Gasteiger partial charge in [-0.3, -0.25) is 5.32 Å². The van der Waals surface area contributed by atoms with Crippen molar-refractivity contribution >= 4 is 39.8 Å². The van der Waals surface area contributed by atoms with Crippen molar-refractivity contribution in [3.63, 3.8) is 0 Å². The van der Waals surface area contributed by atoms with E-state index in [2.05, 4.69) is 16.7 Å². The molecule has 4 rings (SSSR count). The number of ether oxygens (including phenoxy) is 1. The molecular weight excluding hydrogens is 264 g/mol. The van der Waals surface area contributed by atoms with Crippen molar-refractivity contribution in [2.45, 2.75) is 5.92 Å². The molecule has 96 valence electrons. The number of hydrogen-bond donors (Lipinski definition) is 2. The van der Waals surface area contributed by atoms with Crippen LogP contribution in [0.15, 0.2) is 24.3 Å². The summed E-state index contributed by atoms with van der Waals surface area (Å²) in [5.74, 6) is 1.47. The van der Waals surface area contributed by atoms with Crippen molar-refractivity contribution in [1.82, 2.24) is 0 Å². The van der Waals surface area contributed by atoms with Crippen LogP contribution < -0.4 is 15.4 Å². The third-order valence-electron chi connectivity index (χ3n) is 3.74. The Morgan fingerprint density at radius 2 is 2.26 bits per heavy atom. The van der Waals surface area contributed by atoms with E-state index in [0.29, 0.717) is 17.5 Å². The number of hydrogen-bond acceptors (Lipinski definition) is 3. The predicted octanol–water partition coefficient (Wildman–Crippen LogP) is 3.51. The zero-order valence-electron chi connectivity index (χ0n) is 10.00. The van der Waals surface area contributed by atoms with Gasteiger partial charge in [0, 0.05) is 35.5 Å². The summed E-state index contributed by atoms with van der Waals surface area (Å²) < 4.78 is 5.28. The first-order valence-corrected chi connectivity index (χ1v) is 6.69. The van der Waals surface area contributed by atoms with Crippen LogP contribution in [0.3, 0.4) is 0 Å². The fraction of sp³-hybridized carbons (Fsp3) is 0.214. The molecule has 0 fully saturated rings. The summed E-state index contributed by atoms with van der Waals surface area (Å²) in [5.41, 5.74) is 3.03. The molecule has 0 aliphatic carbocycles. The second-order valence-electron chi connectivity index (χ2n) is 4.81. The third kappa shape index (κ3) is 1.43. The van der Waals surface area contributed by atoms with Gasteiger partial charge in [-0.1, -0.05) is 12.1 Å². The molecule has 0 unspecified atom stereocenters. The van der Waals surface area contributed by atoms with Crippen LogP contribution in [-0.4, -0.2) is 18.5 Å². The molecule has 2 aliphatic heterocycles. The molecule has 1 amide bonds. The fourth-order valence-corrected chi connectivity index (χ4v) is 3.20. The SMILES string of the molecule is O=C1Nc2cccc3c4c(cc(c23)O1)NC[C@H]4CCl. The van der Waals surface area contributed by atoms with E-state index in [1.807, 2.05) is 18.2 Å². The van der Waals surface area contributed by atoms with Crippen molar-refractivity contribution in [3.8, 4) is 5.75 Å². The molecule has 0 radical (unpaired) electrons. The smallest absolute Gasteiger partial charge is 0.409 e. The highest BCUT2D eigenvalue weighted by molar-refractivity contribution is 6.19. The quantitative estimate of drug-likeness (QED) is 0.783. The van der Waals surface area contributed by atoms with E-state index in [1.54, 1.807) is 0 Å². The molecule has 2 aliphatic rings. The summed E-state index contributed by atoms with van der Waals surface area (Å²) in [4.78, 5) is 11.5. The molecule has 19 heavy (non-hydrogen) atoms. The van der Waals surface area contributed by atoms with Crippen LogP contribution in [0.25, 0.3) is 10.8 Å². The number of benzene rings is 2. The molecule has 0 spiro atoms. The van der Waals surface area contributed by atoms with Crippen LogP contribution in [-0.2, 0) is 0 Å². The minimum absolute atomic E-state index is 0.290. The molecule has 2 aromatic carbocycles. The molecule has 1 atom stereocenters. The summed E-state index contributed by atoms with van der Waals surface area (Å²) in [5, 5.41) is 8.12. The summed E-state index contributed by atoms with van der Waals surface area (Å²) >= 11 is 6.05. The van der Waals surface area contributed by atoms with Crippen molar-refractivity contribution in [2.75, 3.05) is 23.1 Å². The van der Waals surface area contributed by atoms with Gasteiger partial charge < -0.3 is 10.1 Å². The lowest BCUT2D eigenvalue weighted by molar-refractivity contribution is 0.215. The molecule has 0 saturated carbocycles. The standard InChI is InChI=1S/C14H11ClN2O2/c15-5-7-6-16-10-4-11-13-8(12(7)10)2-1-3-9(13)17-14(18)19-11/h1-4,7,16H,5-6H2,(H,17,18)/t7-/m1/s1. The van der Waals surface area contributed by atoms with Crippen molar-refractivity contribution in [3.05, 3.63) is 29.8 Å². The van der Waals surface area contributed by atoms with E-state index >= 15 is 0 Å². The molecule has 2 heterocycles. The van der Waals surface area contributed by atoms with E-state index in [-0.39, 0.29) is 0 Å². The zero-order valence-corrected chi connectivity index (χ0v) is 10.8. The maximum absolute atomic E-state index is 11.5. The number of halogens is 1. The highest BCUT2D eigenvalue weighted by atomic mass is 35.5. The number of anilines is 2. The molecule has 0 bridgehead atoms. The number of carbonyl (C=O) groups is 1. The number of nitrogens with one attached hydrogen (secondary N) is 2. The fourth-order valence-electron chi connectivity index (χ4n) is 2.94. The van der Waals surface area contributed by atoms with Gasteiger partial charge in [-0.05, 0) is 17.0 Å². The number of carbonyl (C=O) groups excluding carboxylic acids is 1. The Morgan fingerprint density at radius 3 is 3.11 bits per heavy atom. The van der Waals surface area contributed by atoms with E-state index in [9.17, 15) is 4.79 Å². The highest BCUT2D eigenvalue weighted by Gasteiger charge is 2.29. The maximum Gasteiger partial charge on any atom is 0.417 e. The second-order valence-corrected chi connectivity index (χ2v) is 5.12. The van der Waals surface area contributed by atoms with Gasteiger partial charge >= 0.3 is 6.09 Å². The van der Waals surface area contributed by atoms with Crippen molar-refractivity contribution in [1.29, 1.82) is 0 Å². The van der Waals surface area contributed by atoms with Crippen LogP contribution in [0.1, 0.15) is 11.5 Å². The number of amides is 1. The van der Waals surface area contributed by atoms with E-state index < -0.39 is 6.09 Å². The Kier molecular flexibility index (Phi) is 2.17. The second kappa shape index (κ2) is 3.78. The predicted molar refractivity (Wildman–Crippen MR) is 75.5 cm³/mol. The Hall–Kier alpha value is -1.94. The van der Waals surface area contributed by atoms with Crippen LogP contribution in [0, 0.1) is 0 Å². The lowest BCUT2D eigenvalue weighted by Crippen LogP contribution is -2.21. The molecule has 0 saturated heterocycles. The topological polar surface area (TPSA) is 50.4 Å². The van der Waals surface area contributed by atoms with E-state index in [0.717, 1.165) is 28.7 Å². The third-order valence-corrected chi connectivity index (χ3v) is 4.11. The van der Waals surface area contributed by atoms with Gasteiger partial charge in [0.1, 0.15) is 5.75 Å². The van der Waals surface area contributed by atoms with Gasteiger partial charge in [-0.25, -0.2) is 4.79 Å². The molecule has 2 N–H and O–H groups in total. The number of fused-ring (bicyclic) bond motifs is 2. The molecule has 0 aromatic heterocycles. The van der Waals surface area contributed by atoms with Crippen LogP contribution in [0.5, 0.6) is 5.75 Å². The van der Waals surface area contributed by atoms with Crippen molar-refractivity contribution in [2.24, 2.45) is 0 Å².